The van der Waals surface area contributed by atoms with Gasteiger partial charge in [-0.15, -0.1) is 11.8 Å². The Morgan fingerprint density at radius 2 is 1.84 bits per heavy atom. The number of hydrogen-bond donors (Lipinski definition) is 1. The van der Waals surface area contributed by atoms with Gasteiger partial charge in [-0.2, -0.15) is 0 Å². The Bertz CT molecular complexity index is 910. The van der Waals surface area contributed by atoms with Crippen molar-refractivity contribution in [3.05, 3.63) is 70.0 Å². The van der Waals surface area contributed by atoms with Crippen LogP contribution in [-0.4, -0.2) is 34.0 Å². The molecule has 0 saturated carbocycles. The number of amides is 2. The van der Waals surface area contributed by atoms with Crippen molar-refractivity contribution in [2.24, 2.45) is 0 Å². The van der Waals surface area contributed by atoms with Gasteiger partial charge in [-0.3, -0.25) is 9.59 Å². The number of rotatable bonds is 8. The van der Waals surface area contributed by atoms with Gasteiger partial charge >= 0.3 is 0 Å². The van der Waals surface area contributed by atoms with Crippen LogP contribution in [0.3, 0.4) is 0 Å². The predicted molar refractivity (Wildman–Crippen MR) is 127 cm³/mol. The number of nitrogens with one attached hydrogen (secondary N) is 1. The van der Waals surface area contributed by atoms with Crippen LogP contribution in [0.15, 0.2) is 42.5 Å². The average molecular weight is 465 g/mol. The Hall–Kier alpha value is -2.05. The number of halogens is 2. The zero-order valence-corrected chi connectivity index (χ0v) is 20.2. The summed E-state index contributed by atoms with van der Waals surface area (Å²) in [5, 5.41) is 3.29. The van der Waals surface area contributed by atoms with Crippen molar-refractivity contribution in [3.8, 4) is 0 Å². The molecule has 0 heterocycles. The van der Waals surface area contributed by atoms with E-state index in [1.807, 2.05) is 52.0 Å². The molecule has 0 aliphatic heterocycles. The number of benzene rings is 2. The summed E-state index contributed by atoms with van der Waals surface area (Å²) in [6.45, 7) is 9.74. The molecule has 2 rings (SSSR count). The molecule has 0 spiro atoms. The summed E-state index contributed by atoms with van der Waals surface area (Å²) in [5.74, 6) is -0.391. The maximum absolute atomic E-state index is 14.0. The Labute approximate surface area is 193 Å². The SMILES string of the molecule is Cc1ccccc1CN(C(=O)CSCc1c(F)cccc1Cl)C(C)C(=O)NC(C)(C)C. The van der Waals surface area contributed by atoms with E-state index in [1.54, 1.807) is 24.0 Å². The minimum Gasteiger partial charge on any atom is -0.350 e. The highest BCUT2D eigenvalue weighted by Gasteiger charge is 2.28. The van der Waals surface area contributed by atoms with Gasteiger partial charge in [-0.25, -0.2) is 4.39 Å². The summed E-state index contributed by atoms with van der Waals surface area (Å²) in [4.78, 5) is 27.5. The zero-order chi connectivity index (χ0) is 23.2. The van der Waals surface area contributed by atoms with Crippen molar-refractivity contribution in [3.63, 3.8) is 0 Å². The number of nitrogens with zero attached hydrogens (tertiary/aromatic N) is 1. The number of carbonyl (C=O) groups is 2. The van der Waals surface area contributed by atoms with Crippen LogP contribution >= 0.6 is 23.4 Å². The Balaban J connectivity index is 2.15. The second kappa shape index (κ2) is 11.0. The molecule has 2 amide bonds. The lowest BCUT2D eigenvalue weighted by molar-refractivity contribution is -0.139. The molecule has 1 N–H and O–H groups in total. The van der Waals surface area contributed by atoms with Crippen LogP contribution in [0.1, 0.15) is 44.4 Å². The fraction of sp³-hybridized carbons (Fsp3) is 0.417. The third-order valence-electron chi connectivity index (χ3n) is 4.80. The Morgan fingerprint density at radius 3 is 2.45 bits per heavy atom. The van der Waals surface area contributed by atoms with E-state index in [2.05, 4.69) is 5.32 Å². The third kappa shape index (κ3) is 7.54. The first-order valence-corrected chi connectivity index (χ1v) is 11.7. The minimum absolute atomic E-state index is 0.115. The smallest absolute Gasteiger partial charge is 0.242 e. The van der Waals surface area contributed by atoms with Gasteiger partial charge in [0, 0.05) is 28.4 Å². The van der Waals surface area contributed by atoms with Gasteiger partial charge in [-0.1, -0.05) is 41.9 Å². The monoisotopic (exact) mass is 464 g/mol. The van der Waals surface area contributed by atoms with E-state index in [-0.39, 0.29) is 29.1 Å². The summed E-state index contributed by atoms with van der Waals surface area (Å²) in [6, 6.07) is 11.7. The van der Waals surface area contributed by atoms with E-state index in [1.165, 1.54) is 17.8 Å². The molecule has 2 aromatic carbocycles. The maximum atomic E-state index is 14.0. The normalized spacial score (nSPS) is 12.4. The van der Waals surface area contributed by atoms with E-state index >= 15 is 0 Å². The van der Waals surface area contributed by atoms with E-state index in [4.69, 9.17) is 11.6 Å². The fourth-order valence-corrected chi connectivity index (χ4v) is 4.27. The lowest BCUT2D eigenvalue weighted by Crippen LogP contribution is -2.52. The molecule has 2 aromatic rings. The summed E-state index contributed by atoms with van der Waals surface area (Å²) >= 11 is 7.36. The van der Waals surface area contributed by atoms with Crippen LogP contribution in [0.4, 0.5) is 4.39 Å². The van der Waals surface area contributed by atoms with Gasteiger partial charge in [0.2, 0.25) is 11.8 Å². The molecular formula is C24H30ClFN2O2S. The number of carbonyl (C=O) groups excluding carboxylic acids is 2. The van der Waals surface area contributed by atoms with Gasteiger partial charge in [0.05, 0.1) is 5.75 Å². The molecule has 0 aliphatic rings. The summed E-state index contributed by atoms with van der Waals surface area (Å²) in [6.07, 6.45) is 0. The Kier molecular flexibility index (Phi) is 8.95. The second-order valence-electron chi connectivity index (χ2n) is 8.56. The van der Waals surface area contributed by atoms with Crippen molar-refractivity contribution in [2.75, 3.05) is 5.75 Å². The minimum atomic E-state index is -0.649. The van der Waals surface area contributed by atoms with Gasteiger partial charge in [0.15, 0.2) is 0 Å². The van der Waals surface area contributed by atoms with Crippen LogP contribution in [-0.2, 0) is 21.9 Å². The topological polar surface area (TPSA) is 49.4 Å². The molecule has 1 unspecified atom stereocenters. The number of thioether (sulfide) groups is 1. The van der Waals surface area contributed by atoms with Gasteiger partial charge in [0.25, 0.3) is 0 Å². The standard InChI is InChI=1S/C24H30ClFN2O2S/c1-16-9-6-7-10-18(16)13-28(17(2)23(30)27-24(3,4)5)22(29)15-31-14-19-20(25)11-8-12-21(19)26/h6-12,17H,13-15H2,1-5H3,(H,27,30). The number of aryl methyl sites for hydroxylation is 1. The molecule has 168 valence electrons. The van der Waals surface area contributed by atoms with Crippen LogP contribution in [0.25, 0.3) is 0 Å². The quantitative estimate of drug-likeness (QED) is 0.572. The molecule has 0 fully saturated rings. The summed E-state index contributed by atoms with van der Waals surface area (Å²) < 4.78 is 14.0. The Morgan fingerprint density at radius 1 is 1.16 bits per heavy atom. The highest BCUT2D eigenvalue weighted by atomic mass is 35.5. The van der Waals surface area contributed by atoms with Crippen LogP contribution in [0, 0.1) is 12.7 Å². The molecule has 7 heteroatoms. The van der Waals surface area contributed by atoms with E-state index in [0.29, 0.717) is 17.1 Å². The van der Waals surface area contributed by atoms with Crippen molar-refractivity contribution < 1.29 is 14.0 Å². The zero-order valence-electron chi connectivity index (χ0n) is 18.7. The number of hydrogen-bond acceptors (Lipinski definition) is 3. The van der Waals surface area contributed by atoms with Crippen molar-refractivity contribution >= 4 is 35.2 Å². The van der Waals surface area contributed by atoms with Crippen molar-refractivity contribution in [1.29, 1.82) is 0 Å². The van der Waals surface area contributed by atoms with Gasteiger partial charge in [0.1, 0.15) is 11.9 Å². The highest BCUT2D eigenvalue weighted by Crippen LogP contribution is 2.24. The van der Waals surface area contributed by atoms with E-state index in [0.717, 1.165) is 11.1 Å². The second-order valence-corrected chi connectivity index (χ2v) is 9.95. The average Bonchev–Trinajstić information content (AvgIpc) is 2.67. The fourth-order valence-electron chi connectivity index (χ4n) is 3.02. The van der Waals surface area contributed by atoms with Crippen molar-refractivity contribution in [2.45, 2.75) is 58.5 Å². The summed E-state index contributed by atoms with van der Waals surface area (Å²) in [7, 11) is 0. The van der Waals surface area contributed by atoms with Crippen LogP contribution in [0.5, 0.6) is 0 Å². The van der Waals surface area contributed by atoms with Crippen LogP contribution < -0.4 is 5.32 Å². The van der Waals surface area contributed by atoms with E-state index < -0.39 is 11.6 Å². The molecule has 1 atom stereocenters. The lowest BCUT2D eigenvalue weighted by atomic mass is 10.1. The van der Waals surface area contributed by atoms with Crippen LogP contribution in [0.2, 0.25) is 5.02 Å². The molecule has 0 aromatic heterocycles. The van der Waals surface area contributed by atoms with E-state index in [9.17, 15) is 14.0 Å². The molecule has 0 aliphatic carbocycles. The summed E-state index contributed by atoms with van der Waals surface area (Å²) in [5.41, 5.74) is 2.01. The molecule has 4 nitrogen and oxygen atoms in total. The lowest BCUT2D eigenvalue weighted by Gasteiger charge is -2.31. The molecule has 0 radical (unpaired) electrons. The molecule has 0 bridgehead atoms. The molecular weight excluding hydrogens is 435 g/mol. The van der Waals surface area contributed by atoms with Crippen molar-refractivity contribution in [1.82, 2.24) is 10.2 Å². The highest BCUT2D eigenvalue weighted by molar-refractivity contribution is 7.99. The van der Waals surface area contributed by atoms with Gasteiger partial charge in [-0.05, 0) is 57.9 Å². The molecule has 31 heavy (non-hydrogen) atoms. The largest absolute Gasteiger partial charge is 0.350 e. The molecule has 0 saturated heterocycles. The third-order valence-corrected chi connectivity index (χ3v) is 6.10. The first-order valence-electron chi connectivity index (χ1n) is 10.2. The first-order chi connectivity index (χ1) is 14.5. The first kappa shape index (κ1) is 25.2. The van der Waals surface area contributed by atoms with Gasteiger partial charge < -0.3 is 10.2 Å². The maximum Gasteiger partial charge on any atom is 0.242 e. The predicted octanol–water partition coefficient (Wildman–Crippen LogP) is 5.35.